The van der Waals surface area contributed by atoms with Crippen molar-refractivity contribution in [1.82, 2.24) is 0 Å². The number of carbonyl (C=O) groups is 2. The summed E-state index contributed by atoms with van der Waals surface area (Å²) in [5.74, 6) is -1.82. The van der Waals surface area contributed by atoms with Gasteiger partial charge in [0.05, 0.1) is 38.3 Å². The molecular formula is C34H50O8. The van der Waals surface area contributed by atoms with Gasteiger partial charge in [-0.05, 0) is 49.7 Å². The van der Waals surface area contributed by atoms with Gasteiger partial charge in [0.25, 0.3) is 0 Å². The molecule has 8 nitrogen and oxygen atoms in total. The van der Waals surface area contributed by atoms with Gasteiger partial charge in [0.1, 0.15) is 24.7 Å². The molecule has 0 aromatic heterocycles. The van der Waals surface area contributed by atoms with Gasteiger partial charge in [-0.3, -0.25) is 9.59 Å². The van der Waals surface area contributed by atoms with Crippen molar-refractivity contribution < 1.29 is 38.7 Å². The number of phenolic OH excluding ortho intramolecular Hbond substituents is 2. The van der Waals surface area contributed by atoms with Crippen LogP contribution in [0.5, 0.6) is 11.5 Å². The van der Waals surface area contributed by atoms with Crippen LogP contribution in [0.3, 0.4) is 0 Å². The van der Waals surface area contributed by atoms with E-state index in [0.29, 0.717) is 11.1 Å². The molecule has 2 N–H and O–H groups in total. The summed E-state index contributed by atoms with van der Waals surface area (Å²) in [6.07, 6.45) is 0. The Bertz CT molecular complexity index is 1120. The number of aryl methyl sites for hydroxylation is 2. The number of hydrogen-bond donors (Lipinski definition) is 2. The summed E-state index contributed by atoms with van der Waals surface area (Å²) in [6, 6.07) is 7.52. The van der Waals surface area contributed by atoms with Crippen molar-refractivity contribution >= 4 is 11.9 Å². The second-order valence-electron chi connectivity index (χ2n) is 13.0. The number of benzene rings is 2. The SMILES string of the molecule is Cc1cc(C(C)C(=O)OCCOCCOCCOC(=O)C(C)c2cc(C)cc(C(C)(C)C)c2O)c(O)c(C(C)(C)C)c1. The summed E-state index contributed by atoms with van der Waals surface area (Å²) in [5.41, 5.74) is 4.13. The number of rotatable bonds is 13. The highest BCUT2D eigenvalue weighted by molar-refractivity contribution is 5.80. The van der Waals surface area contributed by atoms with Crippen molar-refractivity contribution in [2.45, 2.75) is 91.9 Å². The average molecular weight is 587 g/mol. The Hall–Kier alpha value is -3.10. The fraction of sp³-hybridized carbons (Fsp3) is 0.588. The minimum Gasteiger partial charge on any atom is -0.507 e. The molecule has 2 unspecified atom stereocenters. The summed E-state index contributed by atoms with van der Waals surface area (Å²) in [6.45, 7) is 20.6. The number of esters is 2. The molecule has 0 heterocycles. The highest BCUT2D eigenvalue weighted by Crippen LogP contribution is 2.39. The zero-order chi connectivity index (χ0) is 31.8. The van der Waals surface area contributed by atoms with Crippen LogP contribution in [0.25, 0.3) is 0 Å². The van der Waals surface area contributed by atoms with Gasteiger partial charge >= 0.3 is 11.9 Å². The van der Waals surface area contributed by atoms with E-state index in [9.17, 15) is 19.8 Å². The van der Waals surface area contributed by atoms with Crippen LogP contribution < -0.4 is 0 Å². The molecule has 0 fully saturated rings. The molecule has 0 aliphatic heterocycles. The normalized spacial score (nSPS) is 13.5. The second kappa shape index (κ2) is 14.9. The van der Waals surface area contributed by atoms with Gasteiger partial charge in [-0.25, -0.2) is 0 Å². The van der Waals surface area contributed by atoms with Crippen LogP contribution in [-0.2, 0) is 39.4 Å². The minimum atomic E-state index is -0.616. The number of hydrogen-bond acceptors (Lipinski definition) is 8. The highest BCUT2D eigenvalue weighted by Gasteiger charge is 2.28. The van der Waals surface area contributed by atoms with Crippen molar-refractivity contribution in [3.63, 3.8) is 0 Å². The van der Waals surface area contributed by atoms with Crippen LogP contribution in [0.1, 0.15) is 101 Å². The number of carbonyl (C=O) groups excluding carboxylic acids is 2. The maximum absolute atomic E-state index is 12.6. The van der Waals surface area contributed by atoms with E-state index >= 15 is 0 Å². The Morgan fingerprint density at radius 2 is 0.929 bits per heavy atom. The average Bonchev–Trinajstić information content (AvgIpc) is 2.89. The molecule has 2 aromatic rings. The van der Waals surface area contributed by atoms with Crippen LogP contribution >= 0.6 is 0 Å². The van der Waals surface area contributed by atoms with Crippen LogP contribution in [0.4, 0.5) is 0 Å². The lowest BCUT2D eigenvalue weighted by molar-refractivity contribution is -0.148. The topological polar surface area (TPSA) is 112 Å². The van der Waals surface area contributed by atoms with Crippen LogP contribution in [-0.4, -0.2) is 61.8 Å². The van der Waals surface area contributed by atoms with E-state index < -0.39 is 23.8 Å². The Labute approximate surface area is 251 Å². The third kappa shape index (κ3) is 9.73. The van der Waals surface area contributed by atoms with E-state index in [4.69, 9.17) is 18.9 Å². The van der Waals surface area contributed by atoms with Gasteiger partial charge in [0.15, 0.2) is 0 Å². The number of ether oxygens (including phenoxy) is 4. The highest BCUT2D eigenvalue weighted by atomic mass is 16.6. The largest absolute Gasteiger partial charge is 0.507 e. The Morgan fingerprint density at radius 3 is 1.24 bits per heavy atom. The van der Waals surface area contributed by atoms with E-state index in [0.717, 1.165) is 22.3 Å². The molecule has 0 radical (unpaired) electrons. The van der Waals surface area contributed by atoms with Crippen LogP contribution in [0, 0.1) is 13.8 Å². The lowest BCUT2D eigenvalue weighted by atomic mass is 9.82. The summed E-state index contributed by atoms with van der Waals surface area (Å²) in [4.78, 5) is 25.2. The lowest BCUT2D eigenvalue weighted by Gasteiger charge is -2.24. The van der Waals surface area contributed by atoms with Gasteiger partial charge in [0.2, 0.25) is 0 Å². The number of aromatic hydroxyl groups is 2. The fourth-order valence-electron chi connectivity index (χ4n) is 4.65. The van der Waals surface area contributed by atoms with E-state index in [2.05, 4.69) is 0 Å². The van der Waals surface area contributed by atoms with Gasteiger partial charge < -0.3 is 29.2 Å². The second-order valence-corrected chi connectivity index (χ2v) is 13.0. The molecule has 42 heavy (non-hydrogen) atoms. The zero-order valence-corrected chi connectivity index (χ0v) is 27.1. The van der Waals surface area contributed by atoms with Gasteiger partial charge in [-0.1, -0.05) is 76.9 Å². The molecule has 0 spiro atoms. The summed E-state index contributed by atoms with van der Waals surface area (Å²) in [7, 11) is 0. The maximum Gasteiger partial charge on any atom is 0.313 e. The third-order valence-electron chi connectivity index (χ3n) is 7.14. The molecule has 234 valence electrons. The minimum absolute atomic E-state index is 0.0834. The fourth-order valence-corrected chi connectivity index (χ4v) is 4.65. The molecule has 0 bridgehead atoms. The molecular weight excluding hydrogens is 536 g/mol. The molecule has 0 aliphatic rings. The first-order valence-electron chi connectivity index (χ1n) is 14.6. The molecule has 0 saturated heterocycles. The molecule has 2 rings (SSSR count). The summed E-state index contributed by atoms with van der Waals surface area (Å²) in [5, 5.41) is 21.6. The van der Waals surface area contributed by atoms with Crippen molar-refractivity contribution in [2.75, 3.05) is 39.6 Å². The Kier molecular flexibility index (Phi) is 12.4. The van der Waals surface area contributed by atoms with Crippen molar-refractivity contribution in [2.24, 2.45) is 0 Å². The summed E-state index contributed by atoms with van der Waals surface area (Å²) < 4.78 is 21.7. The van der Waals surface area contributed by atoms with Crippen LogP contribution in [0.15, 0.2) is 24.3 Å². The van der Waals surface area contributed by atoms with E-state index in [-0.39, 0.29) is 62.0 Å². The van der Waals surface area contributed by atoms with Crippen molar-refractivity contribution in [1.29, 1.82) is 0 Å². The van der Waals surface area contributed by atoms with Gasteiger partial charge in [0, 0.05) is 11.1 Å². The quantitative estimate of drug-likeness (QED) is 0.207. The monoisotopic (exact) mass is 586 g/mol. The van der Waals surface area contributed by atoms with E-state index in [1.165, 1.54) is 0 Å². The lowest BCUT2D eigenvalue weighted by Crippen LogP contribution is -2.20. The first-order chi connectivity index (χ1) is 19.4. The molecule has 8 heteroatoms. The van der Waals surface area contributed by atoms with E-state index in [1.807, 2.05) is 79.7 Å². The predicted octanol–water partition coefficient (Wildman–Crippen LogP) is 6.34. The zero-order valence-electron chi connectivity index (χ0n) is 27.1. The standard InChI is InChI=1S/C34H50O8/c1-21-17-25(29(35)27(19-21)33(5,6)7)23(3)31(37)41-15-13-39-11-12-40-14-16-42-32(38)24(4)26-18-22(2)20-28(30(26)36)34(8,9)10/h17-20,23-24,35-36H,11-16H2,1-10H3. The maximum atomic E-state index is 12.6. The Morgan fingerprint density at radius 1 is 0.619 bits per heavy atom. The van der Waals surface area contributed by atoms with Crippen molar-refractivity contribution in [3.05, 3.63) is 57.6 Å². The molecule has 2 aromatic carbocycles. The van der Waals surface area contributed by atoms with Crippen LogP contribution in [0.2, 0.25) is 0 Å². The number of phenols is 2. The first kappa shape index (κ1) is 35.1. The third-order valence-corrected chi connectivity index (χ3v) is 7.14. The van der Waals surface area contributed by atoms with Gasteiger partial charge in [-0.15, -0.1) is 0 Å². The molecule has 0 aliphatic carbocycles. The van der Waals surface area contributed by atoms with E-state index in [1.54, 1.807) is 13.8 Å². The molecule has 0 amide bonds. The smallest absolute Gasteiger partial charge is 0.313 e. The first-order valence-corrected chi connectivity index (χ1v) is 14.6. The Balaban J connectivity index is 1.68. The summed E-state index contributed by atoms with van der Waals surface area (Å²) >= 11 is 0. The van der Waals surface area contributed by atoms with Crippen molar-refractivity contribution in [3.8, 4) is 11.5 Å². The molecule has 0 saturated carbocycles. The van der Waals surface area contributed by atoms with Gasteiger partial charge in [-0.2, -0.15) is 0 Å². The molecule has 2 atom stereocenters. The predicted molar refractivity (Wildman–Crippen MR) is 163 cm³/mol.